The molecule has 68 valence electrons. The van der Waals surface area contributed by atoms with E-state index in [1.165, 1.54) is 25.9 Å². The van der Waals surface area contributed by atoms with Crippen molar-refractivity contribution in [3.63, 3.8) is 0 Å². The van der Waals surface area contributed by atoms with Crippen LogP contribution in [0, 0.1) is 0 Å². The molecular formula is C6H18N2OP2. The molecule has 0 aromatic rings. The molecule has 0 aromatic carbocycles. The van der Waals surface area contributed by atoms with E-state index in [1.54, 1.807) is 0 Å². The molecule has 11 heavy (non-hydrogen) atoms. The van der Waals surface area contributed by atoms with Crippen molar-refractivity contribution in [1.29, 1.82) is 0 Å². The van der Waals surface area contributed by atoms with Crippen molar-refractivity contribution in [2.45, 2.75) is 26.7 Å². The van der Waals surface area contributed by atoms with Gasteiger partial charge in [-0.15, -0.1) is 0 Å². The first-order valence-corrected chi connectivity index (χ1v) is 5.06. The molecule has 3 nitrogen and oxygen atoms in total. The van der Waals surface area contributed by atoms with E-state index in [4.69, 9.17) is 0 Å². The van der Waals surface area contributed by atoms with Crippen molar-refractivity contribution in [2.75, 3.05) is 13.1 Å². The van der Waals surface area contributed by atoms with Crippen LogP contribution in [0.15, 0.2) is 4.52 Å². The Hall–Kier alpha value is 0.450. The maximum atomic E-state index is 3.93. The molecule has 0 bridgehead atoms. The Bertz CT molecular complexity index is 86.7. The van der Waals surface area contributed by atoms with Crippen LogP contribution in [0.3, 0.4) is 0 Å². The van der Waals surface area contributed by atoms with E-state index in [2.05, 4.69) is 32.1 Å². The molecule has 0 amide bonds. The van der Waals surface area contributed by atoms with Gasteiger partial charge in [-0.25, -0.2) is 4.52 Å². The third-order valence-corrected chi connectivity index (χ3v) is 2.31. The Kier molecular flexibility index (Phi) is 13.3. The van der Waals surface area contributed by atoms with E-state index in [0.29, 0.717) is 8.88 Å². The first-order valence-electron chi connectivity index (χ1n) is 3.72. The second kappa shape index (κ2) is 10.4. The fraction of sp³-hybridized carbons (Fsp3) is 1.00. The number of hydrogen-bond acceptors (Lipinski definition) is 2. The maximum Gasteiger partial charge on any atom is 0.0791 e. The first kappa shape index (κ1) is 14.0. The van der Waals surface area contributed by atoms with Crippen LogP contribution < -0.4 is 0 Å². The normalized spacial score (nSPS) is 10.5. The topological polar surface area (TPSA) is 47.1 Å². The van der Waals surface area contributed by atoms with Crippen LogP contribution in [-0.4, -0.2) is 23.2 Å². The van der Waals surface area contributed by atoms with E-state index in [9.17, 15) is 0 Å². The van der Waals surface area contributed by atoms with Gasteiger partial charge < -0.3 is 5.48 Å². The third-order valence-electron chi connectivity index (χ3n) is 1.18. The third kappa shape index (κ3) is 8.36. The van der Waals surface area contributed by atoms with Gasteiger partial charge >= 0.3 is 0 Å². The molecule has 0 heterocycles. The molecule has 1 unspecified atom stereocenters. The van der Waals surface area contributed by atoms with E-state index in [-0.39, 0.29) is 5.48 Å². The highest BCUT2D eigenvalue weighted by Crippen LogP contribution is 2.20. The average molecular weight is 196 g/mol. The summed E-state index contributed by atoms with van der Waals surface area (Å²) >= 11 is 0. The highest BCUT2D eigenvalue weighted by molar-refractivity contribution is 7.38. The van der Waals surface area contributed by atoms with Crippen molar-refractivity contribution < 1.29 is 5.48 Å². The van der Waals surface area contributed by atoms with Gasteiger partial charge in [0.25, 0.3) is 0 Å². The van der Waals surface area contributed by atoms with E-state index in [0.717, 1.165) is 0 Å². The lowest BCUT2D eigenvalue weighted by molar-refractivity contribution is 0.460. The van der Waals surface area contributed by atoms with E-state index >= 15 is 0 Å². The molecule has 1 atom stereocenters. The van der Waals surface area contributed by atoms with E-state index in [1.807, 2.05) is 0 Å². The molecule has 0 aliphatic heterocycles. The van der Waals surface area contributed by atoms with Crippen molar-refractivity contribution in [3.05, 3.63) is 0 Å². The molecule has 2 N–H and O–H groups in total. The monoisotopic (exact) mass is 196 g/mol. The molecule has 0 rings (SSSR count). The molecule has 0 aliphatic carbocycles. The van der Waals surface area contributed by atoms with Crippen molar-refractivity contribution in [3.8, 4) is 0 Å². The summed E-state index contributed by atoms with van der Waals surface area (Å²) < 4.78 is 6.29. The van der Waals surface area contributed by atoms with Crippen LogP contribution in [0.5, 0.6) is 0 Å². The summed E-state index contributed by atoms with van der Waals surface area (Å²) in [7, 11) is 3.72. The summed E-state index contributed by atoms with van der Waals surface area (Å²) in [5.74, 6) is 0. The zero-order chi connectivity index (χ0) is 7.82. The minimum Gasteiger partial charge on any atom is -0.412 e. The Labute approximate surface area is 73.1 Å². The zero-order valence-electron chi connectivity index (χ0n) is 7.22. The predicted octanol–water partition coefficient (Wildman–Crippen LogP) is 2.12. The van der Waals surface area contributed by atoms with Crippen LogP contribution in [0.1, 0.15) is 26.7 Å². The molecule has 0 fully saturated rings. The largest absolute Gasteiger partial charge is 0.412 e. The van der Waals surface area contributed by atoms with E-state index < -0.39 is 0 Å². The van der Waals surface area contributed by atoms with Gasteiger partial charge in [-0.2, -0.15) is 0 Å². The summed E-state index contributed by atoms with van der Waals surface area (Å²) in [6.45, 7) is 6.72. The molecule has 5 heteroatoms. The lowest BCUT2D eigenvalue weighted by Crippen LogP contribution is -2.14. The Balaban J connectivity index is 0. The van der Waals surface area contributed by atoms with Gasteiger partial charge in [-0.3, -0.25) is 4.67 Å². The number of rotatable bonds is 6. The minimum absolute atomic E-state index is 0. The summed E-state index contributed by atoms with van der Waals surface area (Å²) in [5, 5.41) is 0. The second-order valence-corrected chi connectivity index (χ2v) is 3.93. The zero-order valence-corrected chi connectivity index (χ0v) is 9.22. The summed E-state index contributed by atoms with van der Waals surface area (Å²) in [6, 6.07) is 0. The Morgan fingerprint density at radius 3 is 2.00 bits per heavy atom. The quantitative estimate of drug-likeness (QED) is 0.600. The second-order valence-electron chi connectivity index (χ2n) is 2.20. The Morgan fingerprint density at radius 1 is 1.27 bits per heavy atom. The van der Waals surface area contributed by atoms with Gasteiger partial charge in [0.05, 0.1) is 8.88 Å². The fourth-order valence-corrected chi connectivity index (χ4v) is 2.04. The fourth-order valence-electron chi connectivity index (χ4n) is 0.822. The molecular weight excluding hydrogens is 178 g/mol. The predicted molar refractivity (Wildman–Crippen MR) is 54.8 cm³/mol. The smallest absolute Gasteiger partial charge is 0.0791 e. The van der Waals surface area contributed by atoms with Crippen LogP contribution in [0.25, 0.3) is 0 Å². The number of nitrogens with zero attached hydrogens (tertiary/aromatic N) is 2. The molecule has 0 aromatic heterocycles. The van der Waals surface area contributed by atoms with Crippen LogP contribution >= 0.6 is 17.9 Å². The molecule has 0 aliphatic rings. The lowest BCUT2D eigenvalue weighted by Gasteiger charge is -2.16. The van der Waals surface area contributed by atoms with Crippen LogP contribution in [0.4, 0.5) is 0 Å². The van der Waals surface area contributed by atoms with Crippen LogP contribution in [0.2, 0.25) is 0 Å². The summed E-state index contributed by atoms with van der Waals surface area (Å²) in [5.41, 5.74) is 0. The van der Waals surface area contributed by atoms with Crippen molar-refractivity contribution in [1.82, 2.24) is 4.67 Å². The highest BCUT2D eigenvalue weighted by Gasteiger charge is 1.98. The van der Waals surface area contributed by atoms with Gasteiger partial charge in [0.2, 0.25) is 0 Å². The SMILES string of the molecule is CCCN(CCC)PN=P.O. The van der Waals surface area contributed by atoms with Gasteiger partial charge in [-0.05, 0) is 21.9 Å². The molecule has 0 radical (unpaired) electrons. The van der Waals surface area contributed by atoms with Crippen molar-refractivity contribution >= 4 is 17.9 Å². The molecule has 0 saturated carbocycles. The van der Waals surface area contributed by atoms with Gasteiger partial charge in [0, 0.05) is 13.1 Å². The lowest BCUT2D eigenvalue weighted by atomic mass is 10.4. The maximum absolute atomic E-state index is 3.93. The summed E-state index contributed by atoms with van der Waals surface area (Å²) in [4.78, 5) is 0. The molecule has 0 saturated heterocycles. The standard InChI is InChI=1S/C6H16N2P2.H2O/c1-3-5-8(6-4-2)10-7-9;/h9-10H,3-6H2,1-2H3;1H2. The minimum atomic E-state index is 0. The number of hydrogen-bond donors (Lipinski definition) is 0. The highest BCUT2D eigenvalue weighted by atomic mass is 31.1. The Morgan fingerprint density at radius 2 is 1.73 bits per heavy atom. The van der Waals surface area contributed by atoms with Gasteiger partial charge in [-0.1, -0.05) is 13.8 Å². The van der Waals surface area contributed by atoms with Gasteiger partial charge in [0.1, 0.15) is 0 Å². The molecule has 0 spiro atoms. The average Bonchev–Trinajstić information content (AvgIpc) is 1.90. The van der Waals surface area contributed by atoms with Gasteiger partial charge in [0.15, 0.2) is 0 Å². The van der Waals surface area contributed by atoms with Crippen molar-refractivity contribution in [2.24, 2.45) is 4.52 Å². The van der Waals surface area contributed by atoms with Crippen LogP contribution in [-0.2, 0) is 0 Å². The first-order chi connectivity index (χ1) is 4.85. The summed E-state index contributed by atoms with van der Waals surface area (Å²) in [6.07, 6.45) is 2.43.